The van der Waals surface area contributed by atoms with Gasteiger partial charge in [-0.05, 0) is 35.3 Å². The number of pyridine rings is 1. The summed E-state index contributed by atoms with van der Waals surface area (Å²) in [5.41, 5.74) is 2.35. The van der Waals surface area contributed by atoms with Gasteiger partial charge in [0.25, 0.3) is 0 Å². The molecule has 1 heterocycles. The highest BCUT2D eigenvalue weighted by Gasteiger charge is 2.64. The Kier molecular flexibility index (Phi) is 2.85. The van der Waals surface area contributed by atoms with Gasteiger partial charge in [0.2, 0.25) is 0 Å². The minimum absolute atomic E-state index is 0.358. The summed E-state index contributed by atoms with van der Waals surface area (Å²) in [5.74, 6) is 1.34. The van der Waals surface area contributed by atoms with Crippen molar-refractivity contribution in [2.24, 2.45) is 16.7 Å². The van der Waals surface area contributed by atoms with Gasteiger partial charge in [-0.1, -0.05) is 27.7 Å². The predicted molar refractivity (Wildman–Crippen MR) is 73.2 cm³/mol. The lowest BCUT2D eigenvalue weighted by atomic mass is 10.0. The molecule has 0 spiro atoms. The normalized spacial score (nSPS) is 20.2. The average molecular weight is 243 g/mol. The molecule has 3 nitrogen and oxygen atoms in total. The summed E-state index contributed by atoms with van der Waals surface area (Å²) < 4.78 is 0. The van der Waals surface area contributed by atoms with Crippen LogP contribution >= 0.6 is 0 Å². The molecule has 1 aromatic heterocycles. The third kappa shape index (κ3) is 1.77. The van der Waals surface area contributed by atoms with Crippen LogP contribution in [0.4, 0.5) is 5.82 Å². The molecule has 0 aliphatic heterocycles. The number of nitrogens with zero attached hydrogens (tertiary/aromatic N) is 2. The van der Waals surface area contributed by atoms with Gasteiger partial charge in [0.1, 0.15) is 11.9 Å². The number of hydrogen-bond donors (Lipinski definition) is 1. The summed E-state index contributed by atoms with van der Waals surface area (Å²) in [4.78, 5) is 4.27. The van der Waals surface area contributed by atoms with Crippen molar-refractivity contribution in [1.82, 2.24) is 4.98 Å². The number of nitriles is 1. The zero-order valence-corrected chi connectivity index (χ0v) is 11.8. The monoisotopic (exact) mass is 243 g/mol. The Morgan fingerprint density at radius 3 is 2.44 bits per heavy atom. The van der Waals surface area contributed by atoms with Crippen LogP contribution in [0.25, 0.3) is 0 Å². The van der Waals surface area contributed by atoms with Crippen LogP contribution in [-0.4, -0.2) is 11.5 Å². The summed E-state index contributed by atoms with van der Waals surface area (Å²) >= 11 is 0. The molecule has 0 saturated heterocycles. The molecule has 0 aromatic carbocycles. The van der Waals surface area contributed by atoms with Crippen LogP contribution in [0.15, 0.2) is 12.3 Å². The molecule has 0 bridgehead atoms. The Balaban J connectivity index is 2.10. The molecular weight excluding hydrogens is 222 g/mol. The van der Waals surface area contributed by atoms with E-state index in [0.29, 0.717) is 22.3 Å². The molecule has 0 atom stereocenters. The number of aromatic nitrogens is 1. The molecule has 2 rings (SSSR count). The van der Waals surface area contributed by atoms with Crippen molar-refractivity contribution in [2.75, 3.05) is 11.9 Å². The van der Waals surface area contributed by atoms with Crippen LogP contribution in [0.3, 0.4) is 0 Å². The van der Waals surface area contributed by atoms with E-state index in [1.54, 1.807) is 6.20 Å². The van der Waals surface area contributed by atoms with E-state index in [0.717, 1.165) is 17.9 Å². The van der Waals surface area contributed by atoms with Crippen molar-refractivity contribution in [3.8, 4) is 6.07 Å². The summed E-state index contributed by atoms with van der Waals surface area (Å²) in [6.45, 7) is 12.0. The number of nitrogens with one attached hydrogen (secondary N) is 1. The zero-order valence-electron chi connectivity index (χ0n) is 11.8. The summed E-state index contributed by atoms with van der Waals surface area (Å²) in [7, 11) is 0. The highest BCUT2D eigenvalue weighted by molar-refractivity contribution is 5.55. The van der Waals surface area contributed by atoms with E-state index in [1.165, 1.54) is 0 Å². The van der Waals surface area contributed by atoms with E-state index in [4.69, 9.17) is 5.26 Å². The Morgan fingerprint density at radius 1 is 1.33 bits per heavy atom. The van der Waals surface area contributed by atoms with Gasteiger partial charge < -0.3 is 5.32 Å². The number of hydrogen-bond acceptors (Lipinski definition) is 3. The molecule has 0 amide bonds. The number of rotatable bonds is 3. The van der Waals surface area contributed by atoms with Crippen molar-refractivity contribution in [3.05, 3.63) is 23.4 Å². The minimum atomic E-state index is 0.358. The molecule has 0 radical (unpaired) electrons. The predicted octanol–water partition coefficient (Wildman–Crippen LogP) is 3.36. The van der Waals surface area contributed by atoms with Crippen molar-refractivity contribution in [3.63, 3.8) is 0 Å². The van der Waals surface area contributed by atoms with E-state index in [2.05, 4.69) is 44.1 Å². The summed E-state index contributed by atoms with van der Waals surface area (Å²) in [6, 6.07) is 4.09. The largest absolute Gasteiger partial charge is 0.369 e. The second kappa shape index (κ2) is 3.98. The topological polar surface area (TPSA) is 48.7 Å². The molecule has 0 unspecified atom stereocenters. The van der Waals surface area contributed by atoms with Gasteiger partial charge in [0.05, 0.1) is 5.56 Å². The maximum absolute atomic E-state index is 9.16. The number of aryl methyl sites for hydroxylation is 1. The van der Waals surface area contributed by atoms with Crippen molar-refractivity contribution in [2.45, 2.75) is 34.6 Å². The SMILES string of the molecule is Cc1ccnc(NCC2C(C)(C)C2(C)C)c1C#N. The van der Waals surface area contributed by atoms with Gasteiger partial charge in [0, 0.05) is 12.7 Å². The molecule has 1 saturated carbocycles. The molecule has 1 fully saturated rings. The van der Waals surface area contributed by atoms with Crippen LogP contribution in [0.2, 0.25) is 0 Å². The van der Waals surface area contributed by atoms with Gasteiger partial charge >= 0.3 is 0 Å². The second-order valence-electron chi connectivity index (χ2n) is 6.34. The molecule has 1 aromatic rings. The smallest absolute Gasteiger partial charge is 0.144 e. The van der Waals surface area contributed by atoms with E-state index < -0.39 is 0 Å². The van der Waals surface area contributed by atoms with Crippen molar-refractivity contribution < 1.29 is 0 Å². The lowest BCUT2D eigenvalue weighted by Crippen LogP contribution is -2.11. The van der Waals surface area contributed by atoms with E-state index in [-0.39, 0.29) is 0 Å². The fourth-order valence-electron chi connectivity index (χ4n) is 2.88. The highest BCUT2D eigenvalue weighted by atomic mass is 15.0. The second-order valence-corrected chi connectivity index (χ2v) is 6.34. The molecule has 96 valence electrons. The average Bonchev–Trinajstić information content (AvgIpc) is 2.67. The Morgan fingerprint density at radius 2 is 1.94 bits per heavy atom. The van der Waals surface area contributed by atoms with Crippen LogP contribution in [-0.2, 0) is 0 Å². The molecule has 18 heavy (non-hydrogen) atoms. The van der Waals surface area contributed by atoms with Crippen molar-refractivity contribution in [1.29, 1.82) is 5.26 Å². The third-order valence-corrected chi connectivity index (χ3v) is 5.06. The number of anilines is 1. The Labute approximate surface area is 109 Å². The highest BCUT2D eigenvalue weighted by Crippen LogP contribution is 2.68. The van der Waals surface area contributed by atoms with Crippen LogP contribution in [0, 0.1) is 35.0 Å². The minimum Gasteiger partial charge on any atom is -0.369 e. The van der Waals surface area contributed by atoms with Gasteiger partial charge in [-0.3, -0.25) is 0 Å². The maximum Gasteiger partial charge on any atom is 0.144 e. The first-order valence-corrected chi connectivity index (χ1v) is 6.42. The van der Waals surface area contributed by atoms with Crippen LogP contribution < -0.4 is 5.32 Å². The van der Waals surface area contributed by atoms with E-state index >= 15 is 0 Å². The van der Waals surface area contributed by atoms with Gasteiger partial charge in [-0.2, -0.15) is 5.26 Å². The lowest BCUT2D eigenvalue weighted by molar-refractivity contribution is 0.457. The fraction of sp³-hybridized carbons (Fsp3) is 0.600. The quantitative estimate of drug-likeness (QED) is 0.885. The molecule has 1 aliphatic rings. The third-order valence-electron chi connectivity index (χ3n) is 5.06. The lowest BCUT2D eigenvalue weighted by Gasteiger charge is -2.09. The van der Waals surface area contributed by atoms with Crippen LogP contribution in [0.5, 0.6) is 0 Å². The molecule has 1 aliphatic carbocycles. The van der Waals surface area contributed by atoms with Gasteiger partial charge in [-0.15, -0.1) is 0 Å². The standard InChI is InChI=1S/C15H21N3/c1-10-6-7-17-13(11(10)8-16)18-9-12-14(2,3)15(12,4)5/h6-7,12H,9H2,1-5H3,(H,17,18). The first-order valence-electron chi connectivity index (χ1n) is 6.42. The summed E-state index contributed by atoms with van der Waals surface area (Å²) in [5, 5.41) is 12.5. The Hall–Kier alpha value is -1.56. The van der Waals surface area contributed by atoms with E-state index in [9.17, 15) is 0 Å². The van der Waals surface area contributed by atoms with Gasteiger partial charge in [-0.25, -0.2) is 4.98 Å². The Bertz CT molecular complexity index is 495. The molecular formula is C15H21N3. The van der Waals surface area contributed by atoms with Crippen LogP contribution in [0.1, 0.15) is 38.8 Å². The van der Waals surface area contributed by atoms with E-state index in [1.807, 2.05) is 13.0 Å². The first-order chi connectivity index (χ1) is 8.32. The summed E-state index contributed by atoms with van der Waals surface area (Å²) in [6.07, 6.45) is 1.75. The first kappa shape index (κ1) is 12.9. The fourth-order valence-corrected chi connectivity index (χ4v) is 2.88. The molecule has 3 heteroatoms. The zero-order chi connectivity index (χ0) is 13.6. The maximum atomic E-state index is 9.16. The molecule has 1 N–H and O–H groups in total. The van der Waals surface area contributed by atoms with Gasteiger partial charge in [0.15, 0.2) is 0 Å². The van der Waals surface area contributed by atoms with Crippen molar-refractivity contribution >= 4 is 5.82 Å².